The second-order valence-electron chi connectivity index (χ2n) is 8.83. The molecular weight excluding hydrogens is 448 g/mol. The van der Waals surface area contributed by atoms with Crippen LogP contribution in [0.25, 0.3) is 0 Å². The Hall–Kier alpha value is -0.790. The van der Waals surface area contributed by atoms with E-state index < -0.39 is 0 Å². The van der Waals surface area contributed by atoms with E-state index in [1.807, 2.05) is 20.4 Å². The highest BCUT2D eigenvalue weighted by atomic mass is 32.2. The molecule has 0 atom stereocenters. The number of unbranched alkanes of at least 4 members (excludes halogenated alkanes) is 12. The molecule has 0 unspecified atom stereocenters. The average molecular weight is 497 g/mol. The second kappa shape index (κ2) is 21.7. The molecule has 0 spiro atoms. The van der Waals surface area contributed by atoms with Gasteiger partial charge in [-0.05, 0) is 52.5 Å². The number of nitrogens with zero attached hydrogens (tertiary/aromatic N) is 4. The van der Waals surface area contributed by atoms with Crippen LogP contribution in [0.1, 0.15) is 96.8 Å². The van der Waals surface area contributed by atoms with Gasteiger partial charge in [0.1, 0.15) is 6.61 Å². The van der Waals surface area contributed by atoms with Crippen LogP contribution in [0.4, 0.5) is 0 Å². The van der Waals surface area contributed by atoms with Crippen molar-refractivity contribution < 1.29 is 4.74 Å². The summed E-state index contributed by atoms with van der Waals surface area (Å²) in [4.78, 5) is 15.4. The fourth-order valence-corrected chi connectivity index (χ4v) is 4.60. The molecule has 33 heavy (non-hydrogen) atoms. The molecule has 0 radical (unpaired) electrons. The summed E-state index contributed by atoms with van der Waals surface area (Å²) in [5.74, 6) is 1.05. The van der Waals surface area contributed by atoms with Crippen molar-refractivity contribution in [3.8, 4) is 6.01 Å². The van der Waals surface area contributed by atoms with Crippen molar-refractivity contribution >= 4 is 23.5 Å². The van der Waals surface area contributed by atoms with Gasteiger partial charge in [0, 0.05) is 12.3 Å². The fraction of sp³-hybridized carbons (Fsp3) is 0.808. The van der Waals surface area contributed by atoms with Crippen molar-refractivity contribution in [2.24, 2.45) is 0 Å². The van der Waals surface area contributed by atoms with Crippen LogP contribution < -0.4 is 4.74 Å². The average Bonchev–Trinajstić information content (AvgIpc) is 2.80. The molecule has 1 aromatic heterocycles. The van der Waals surface area contributed by atoms with Crippen LogP contribution in [0.2, 0.25) is 0 Å². The summed E-state index contributed by atoms with van der Waals surface area (Å²) < 4.78 is 5.70. The number of rotatable bonds is 22. The highest BCUT2D eigenvalue weighted by molar-refractivity contribution is 7.99. The Bertz CT molecular complexity index is 614. The highest BCUT2D eigenvalue weighted by Gasteiger charge is 2.08. The van der Waals surface area contributed by atoms with Crippen LogP contribution >= 0.6 is 23.5 Å². The van der Waals surface area contributed by atoms with Gasteiger partial charge in [0.25, 0.3) is 0 Å². The summed E-state index contributed by atoms with van der Waals surface area (Å²) in [6, 6.07) is 0.444. The number of ether oxygens (including phenoxy) is 1. The van der Waals surface area contributed by atoms with E-state index in [4.69, 9.17) is 4.74 Å². The van der Waals surface area contributed by atoms with Gasteiger partial charge in [0.15, 0.2) is 10.3 Å². The van der Waals surface area contributed by atoms with Gasteiger partial charge in [-0.15, -0.1) is 0 Å². The first kappa shape index (κ1) is 30.2. The number of likely N-dealkylation sites (N-methyl/N-ethyl adjacent to an activating group) is 1. The Morgan fingerprint density at radius 2 is 1.33 bits per heavy atom. The Morgan fingerprint density at radius 1 is 0.758 bits per heavy atom. The quantitative estimate of drug-likeness (QED) is 0.0927. The lowest BCUT2D eigenvalue weighted by atomic mass is 10.1. The highest BCUT2D eigenvalue weighted by Crippen LogP contribution is 2.21. The van der Waals surface area contributed by atoms with E-state index in [2.05, 4.69) is 38.9 Å². The van der Waals surface area contributed by atoms with Crippen LogP contribution in [0.15, 0.2) is 22.5 Å². The number of hydrogen-bond acceptors (Lipinski definition) is 7. The predicted molar refractivity (Wildman–Crippen MR) is 146 cm³/mol. The smallest absolute Gasteiger partial charge is 0.321 e. The molecule has 5 nitrogen and oxygen atoms in total. The van der Waals surface area contributed by atoms with Crippen LogP contribution in [0.5, 0.6) is 6.01 Å². The Kier molecular flexibility index (Phi) is 19.9. The van der Waals surface area contributed by atoms with Crippen molar-refractivity contribution in [2.75, 3.05) is 39.3 Å². The van der Waals surface area contributed by atoms with E-state index in [0.717, 1.165) is 22.6 Å². The molecule has 0 aliphatic carbocycles. The van der Waals surface area contributed by atoms with Gasteiger partial charge in [0.2, 0.25) is 0 Å². The van der Waals surface area contributed by atoms with E-state index in [-0.39, 0.29) is 0 Å². The zero-order chi connectivity index (χ0) is 24.0. The van der Waals surface area contributed by atoms with Gasteiger partial charge >= 0.3 is 6.01 Å². The molecule has 7 heteroatoms. The minimum absolute atomic E-state index is 0.444. The number of allylic oxidation sites excluding steroid dienone is 2. The molecule has 0 fully saturated rings. The lowest BCUT2D eigenvalue weighted by Crippen LogP contribution is -2.20. The normalized spacial score (nSPS) is 11.7. The van der Waals surface area contributed by atoms with Crippen LogP contribution in [-0.4, -0.2) is 59.1 Å². The van der Waals surface area contributed by atoms with Crippen molar-refractivity contribution in [1.29, 1.82) is 0 Å². The van der Waals surface area contributed by atoms with Gasteiger partial charge in [-0.25, -0.2) is 0 Å². The summed E-state index contributed by atoms with van der Waals surface area (Å²) in [5.41, 5.74) is 0. The molecular formula is C26H48N4OS2. The number of aromatic nitrogens is 3. The lowest BCUT2D eigenvalue weighted by molar-refractivity contribution is 0.240. The SMILES string of the molecule is CCCCCCCC/C=C\CCCCCCCCSc1nc(OCCN(C)C)nc(SC)n1. The molecule has 0 aliphatic heterocycles. The summed E-state index contributed by atoms with van der Waals surface area (Å²) in [6.45, 7) is 3.71. The molecule has 0 aliphatic rings. The molecule has 0 saturated carbocycles. The maximum absolute atomic E-state index is 5.70. The molecule has 0 N–H and O–H groups in total. The largest absolute Gasteiger partial charge is 0.462 e. The van der Waals surface area contributed by atoms with Crippen LogP contribution in [0.3, 0.4) is 0 Å². The topological polar surface area (TPSA) is 51.1 Å². The Balaban J connectivity index is 2.02. The number of thioether (sulfide) groups is 2. The monoisotopic (exact) mass is 496 g/mol. The first-order chi connectivity index (χ1) is 16.2. The molecule has 1 aromatic rings. The summed E-state index contributed by atoms with van der Waals surface area (Å²) >= 11 is 3.25. The van der Waals surface area contributed by atoms with Gasteiger partial charge in [-0.1, -0.05) is 100 Å². The number of hydrogen-bond donors (Lipinski definition) is 0. The summed E-state index contributed by atoms with van der Waals surface area (Å²) in [7, 11) is 4.06. The third-order valence-corrected chi connectivity index (χ3v) is 6.89. The van der Waals surface area contributed by atoms with Gasteiger partial charge in [-0.2, -0.15) is 15.0 Å². The third-order valence-electron chi connectivity index (χ3n) is 5.41. The van der Waals surface area contributed by atoms with Crippen molar-refractivity contribution in [3.05, 3.63) is 12.2 Å². The van der Waals surface area contributed by atoms with Crippen LogP contribution in [0, 0.1) is 0 Å². The van der Waals surface area contributed by atoms with Gasteiger partial charge in [0.05, 0.1) is 0 Å². The maximum Gasteiger partial charge on any atom is 0.321 e. The molecule has 0 amide bonds. The zero-order valence-corrected chi connectivity index (χ0v) is 23.3. The predicted octanol–water partition coefficient (Wildman–Crippen LogP) is 7.66. The summed E-state index contributed by atoms with van der Waals surface area (Å²) in [6.07, 6.45) is 25.5. The van der Waals surface area contributed by atoms with Crippen LogP contribution in [-0.2, 0) is 0 Å². The van der Waals surface area contributed by atoms with E-state index in [1.54, 1.807) is 11.8 Å². The maximum atomic E-state index is 5.70. The zero-order valence-electron chi connectivity index (χ0n) is 21.7. The standard InChI is InChI=1S/C26H48N4OS2/c1-5-6-7-8-9-10-11-12-13-14-15-16-17-18-19-20-23-33-26-28-24(27-25(29-26)32-4)31-22-21-30(2)3/h12-13H,5-11,14-23H2,1-4H3/b13-12-. The van der Waals surface area contributed by atoms with Gasteiger partial charge in [-0.3, -0.25) is 0 Å². The lowest BCUT2D eigenvalue weighted by Gasteiger charge is -2.10. The van der Waals surface area contributed by atoms with E-state index in [0.29, 0.717) is 12.6 Å². The van der Waals surface area contributed by atoms with E-state index in [1.165, 1.54) is 102 Å². The second-order valence-corrected chi connectivity index (χ2v) is 10.7. The third kappa shape index (κ3) is 18.2. The van der Waals surface area contributed by atoms with E-state index >= 15 is 0 Å². The molecule has 190 valence electrons. The first-order valence-corrected chi connectivity index (χ1v) is 15.2. The molecule has 0 saturated heterocycles. The molecule has 1 rings (SSSR count). The summed E-state index contributed by atoms with van der Waals surface area (Å²) in [5, 5.41) is 1.51. The van der Waals surface area contributed by atoms with Crippen molar-refractivity contribution in [2.45, 2.75) is 107 Å². The van der Waals surface area contributed by atoms with Gasteiger partial charge < -0.3 is 9.64 Å². The van der Waals surface area contributed by atoms with Crippen molar-refractivity contribution in [3.63, 3.8) is 0 Å². The molecule has 1 heterocycles. The minimum Gasteiger partial charge on any atom is -0.462 e. The minimum atomic E-state index is 0.444. The first-order valence-electron chi connectivity index (χ1n) is 13.0. The van der Waals surface area contributed by atoms with Crippen molar-refractivity contribution in [1.82, 2.24) is 19.9 Å². The fourth-order valence-electron chi connectivity index (χ4n) is 3.37. The Labute approximate surface area is 212 Å². The molecule has 0 aromatic carbocycles. The Morgan fingerprint density at radius 3 is 1.94 bits per heavy atom. The van der Waals surface area contributed by atoms with E-state index in [9.17, 15) is 0 Å². The molecule has 0 bridgehead atoms.